The molecule has 1 rings (SSSR count). The lowest BCUT2D eigenvalue weighted by Crippen LogP contribution is -2.27. The minimum Gasteiger partial charge on any atom is -0.317 e. The number of nitrogens with zero attached hydrogens (tertiary/aromatic N) is 2. The number of hydrogen-bond acceptors (Lipinski definition) is 4. The molecule has 5 heteroatoms. The SMILES string of the molecule is CNC(C)C(C)c1cc([N+](=O)[O-])ccn1. The fourth-order valence-corrected chi connectivity index (χ4v) is 1.31. The van der Waals surface area contributed by atoms with Crippen LogP contribution >= 0.6 is 0 Å². The highest BCUT2D eigenvalue weighted by atomic mass is 16.6. The molecule has 1 aromatic heterocycles. The van der Waals surface area contributed by atoms with Crippen molar-refractivity contribution in [3.8, 4) is 0 Å². The van der Waals surface area contributed by atoms with Gasteiger partial charge in [-0.05, 0) is 14.0 Å². The van der Waals surface area contributed by atoms with E-state index in [0.29, 0.717) is 0 Å². The lowest BCUT2D eigenvalue weighted by Gasteiger charge is -2.18. The van der Waals surface area contributed by atoms with E-state index in [0.717, 1.165) is 5.69 Å². The number of rotatable bonds is 4. The molecule has 0 aliphatic heterocycles. The van der Waals surface area contributed by atoms with Crippen LogP contribution in [0.1, 0.15) is 25.5 Å². The van der Waals surface area contributed by atoms with Crippen molar-refractivity contribution in [1.82, 2.24) is 10.3 Å². The maximum Gasteiger partial charge on any atom is 0.272 e. The van der Waals surface area contributed by atoms with Gasteiger partial charge in [0, 0.05) is 30.3 Å². The molecule has 0 spiro atoms. The highest BCUT2D eigenvalue weighted by molar-refractivity contribution is 5.31. The first-order valence-electron chi connectivity index (χ1n) is 4.84. The van der Waals surface area contributed by atoms with Crippen LogP contribution in [0.5, 0.6) is 0 Å². The molecule has 0 amide bonds. The summed E-state index contributed by atoms with van der Waals surface area (Å²) in [5, 5.41) is 13.7. The third-order valence-corrected chi connectivity index (χ3v) is 2.65. The number of pyridine rings is 1. The van der Waals surface area contributed by atoms with Crippen LogP contribution in [0.15, 0.2) is 18.3 Å². The van der Waals surface area contributed by atoms with Crippen LogP contribution in [-0.2, 0) is 0 Å². The molecule has 0 saturated heterocycles. The molecule has 15 heavy (non-hydrogen) atoms. The van der Waals surface area contributed by atoms with Crippen LogP contribution in [0.25, 0.3) is 0 Å². The molecule has 5 nitrogen and oxygen atoms in total. The van der Waals surface area contributed by atoms with Gasteiger partial charge in [0.05, 0.1) is 10.6 Å². The highest BCUT2D eigenvalue weighted by Gasteiger charge is 2.16. The molecule has 0 radical (unpaired) electrons. The molecule has 0 aromatic carbocycles. The summed E-state index contributed by atoms with van der Waals surface area (Å²) in [6.45, 7) is 4.01. The second kappa shape index (κ2) is 4.84. The van der Waals surface area contributed by atoms with Gasteiger partial charge in [-0.25, -0.2) is 0 Å². The van der Waals surface area contributed by atoms with E-state index in [4.69, 9.17) is 0 Å². The van der Waals surface area contributed by atoms with Gasteiger partial charge >= 0.3 is 0 Å². The zero-order chi connectivity index (χ0) is 11.4. The molecule has 0 aliphatic carbocycles. The fraction of sp³-hybridized carbons (Fsp3) is 0.500. The predicted octanol–water partition coefficient (Wildman–Crippen LogP) is 1.70. The van der Waals surface area contributed by atoms with Crippen molar-refractivity contribution >= 4 is 5.69 Å². The standard InChI is InChI=1S/C10H15N3O2/c1-7(8(2)11-3)10-6-9(13(14)15)4-5-12-10/h4-8,11H,1-3H3. The smallest absolute Gasteiger partial charge is 0.272 e. The van der Waals surface area contributed by atoms with Gasteiger partial charge in [0.25, 0.3) is 5.69 Å². The highest BCUT2D eigenvalue weighted by Crippen LogP contribution is 2.20. The first-order chi connectivity index (χ1) is 7.06. The van der Waals surface area contributed by atoms with Gasteiger partial charge in [0.15, 0.2) is 0 Å². The van der Waals surface area contributed by atoms with E-state index in [1.54, 1.807) is 0 Å². The Morgan fingerprint density at radius 3 is 2.73 bits per heavy atom. The maximum absolute atomic E-state index is 10.6. The third kappa shape index (κ3) is 2.73. The second-order valence-corrected chi connectivity index (χ2v) is 3.56. The van der Waals surface area contributed by atoms with Crippen molar-refractivity contribution in [2.24, 2.45) is 0 Å². The predicted molar refractivity (Wildman–Crippen MR) is 57.8 cm³/mol. The van der Waals surface area contributed by atoms with Crippen molar-refractivity contribution in [3.63, 3.8) is 0 Å². The van der Waals surface area contributed by atoms with Gasteiger partial charge in [-0.1, -0.05) is 6.92 Å². The molecular weight excluding hydrogens is 194 g/mol. The summed E-state index contributed by atoms with van der Waals surface area (Å²) in [5.74, 6) is 0.148. The van der Waals surface area contributed by atoms with Crippen molar-refractivity contribution in [1.29, 1.82) is 0 Å². The maximum atomic E-state index is 10.6. The number of likely N-dealkylation sites (N-methyl/N-ethyl adjacent to an activating group) is 1. The Hall–Kier alpha value is -1.49. The Morgan fingerprint density at radius 2 is 2.20 bits per heavy atom. The zero-order valence-corrected chi connectivity index (χ0v) is 9.10. The van der Waals surface area contributed by atoms with Gasteiger partial charge < -0.3 is 5.32 Å². The zero-order valence-electron chi connectivity index (χ0n) is 9.10. The van der Waals surface area contributed by atoms with E-state index in [9.17, 15) is 10.1 Å². The quantitative estimate of drug-likeness (QED) is 0.605. The van der Waals surface area contributed by atoms with E-state index in [-0.39, 0.29) is 17.6 Å². The Balaban J connectivity index is 2.94. The largest absolute Gasteiger partial charge is 0.317 e. The molecule has 0 saturated carbocycles. The Labute approximate surface area is 88.7 Å². The topological polar surface area (TPSA) is 68.1 Å². The number of nitrogens with one attached hydrogen (secondary N) is 1. The lowest BCUT2D eigenvalue weighted by atomic mass is 9.99. The minimum absolute atomic E-state index is 0.0927. The van der Waals surface area contributed by atoms with Crippen LogP contribution < -0.4 is 5.32 Å². The average Bonchev–Trinajstić information content (AvgIpc) is 2.27. The summed E-state index contributed by atoms with van der Waals surface area (Å²) >= 11 is 0. The van der Waals surface area contributed by atoms with E-state index >= 15 is 0 Å². The lowest BCUT2D eigenvalue weighted by molar-refractivity contribution is -0.385. The number of aromatic nitrogens is 1. The molecule has 0 bridgehead atoms. The van der Waals surface area contributed by atoms with Crippen molar-refractivity contribution in [2.45, 2.75) is 25.8 Å². The van der Waals surface area contributed by atoms with Crippen LogP contribution in [-0.4, -0.2) is 23.0 Å². The molecule has 2 unspecified atom stereocenters. The molecule has 0 aliphatic rings. The van der Waals surface area contributed by atoms with E-state index in [2.05, 4.69) is 10.3 Å². The van der Waals surface area contributed by atoms with Gasteiger partial charge in [-0.2, -0.15) is 0 Å². The summed E-state index contributed by atoms with van der Waals surface area (Å²) in [6, 6.07) is 3.16. The van der Waals surface area contributed by atoms with Gasteiger partial charge in [0.2, 0.25) is 0 Å². The molecule has 82 valence electrons. The summed E-state index contributed by atoms with van der Waals surface area (Å²) in [7, 11) is 1.86. The van der Waals surface area contributed by atoms with E-state index < -0.39 is 4.92 Å². The first-order valence-corrected chi connectivity index (χ1v) is 4.84. The molecule has 2 atom stereocenters. The van der Waals surface area contributed by atoms with Crippen LogP contribution in [0.4, 0.5) is 5.69 Å². The van der Waals surface area contributed by atoms with Gasteiger partial charge in [-0.15, -0.1) is 0 Å². The monoisotopic (exact) mass is 209 g/mol. The van der Waals surface area contributed by atoms with Crippen LogP contribution in [0, 0.1) is 10.1 Å². The van der Waals surface area contributed by atoms with E-state index in [1.807, 2.05) is 20.9 Å². The van der Waals surface area contributed by atoms with Crippen LogP contribution in [0.3, 0.4) is 0 Å². The fourth-order valence-electron chi connectivity index (χ4n) is 1.31. The molecule has 1 aromatic rings. The second-order valence-electron chi connectivity index (χ2n) is 3.56. The minimum atomic E-state index is -0.401. The van der Waals surface area contributed by atoms with Crippen molar-refractivity contribution < 1.29 is 4.92 Å². The molecule has 1 N–H and O–H groups in total. The van der Waals surface area contributed by atoms with Crippen molar-refractivity contribution in [3.05, 3.63) is 34.1 Å². The molecule has 0 fully saturated rings. The van der Waals surface area contributed by atoms with Crippen molar-refractivity contribution in [2.75, 3.05) is 7.05 Å². The Bertz CT molecular complexity index is 354. The normalized spacial score (nSPS) is 14.6. The first kappa shape index (κ1) is 11.6. The number of nitro groups is 1. The molecular formula is C10H15N3O2. The van der Waals surface area contributed by atoms with Gasteiger partial charge in [0.1, 0.15) is 0 Å². The summed E-state index contributed by atoms with van der Waals surface area (Å²) in [6.07, 6.45) is 1.48. The summed E-state index contributed by atoms with van der Waals surface area (Å²) < 4.78 is 0. The Morgan fingerprint density at radius 1 is 1.53 bits per heavy atom. The van der Waals surface area contributed by atoms with E-state index in [1.165, 1.54) is 18.3 Å². The van der Waals surface area contributed by atoms with Crippen LogP contribution in [0.2, 0.25) is 0 Å². The Kier molecular flexibility index (Phi) is 3.74. The third-order valence-electron chi connectivity index (χ3n) is 2.65. The summed E-state index contributed by atoms with van der Waals surface area (Å²) in [4.78, 5) is 14.3. The number of hydrogen-bond donors (Lipinski definition) is 1. The molecule has 1 heterocycles. The summed E-state index contributed by atoms with van der Waals surface area (Å²) in [5.41, 5.74) is 0.834. The van der Waals surface area contributed by atoms with Gasteiger partial charge in [-0.3, -0.25) is 15.1 Å². The average molecular weight is 209 g/mol.